The molecular formula is C15H22N2OS2. The van der Waals surface area contributed by atoms with Gasteiger partial charge in [-0.2, -0.15) is 0 Å². The zero-order valence-corrected chi connectivity index (χ0v) is 13.7. The zero-order chi connectivity index (χ0) is 14.5. The molecule has 0 aromatic heterocycles. The molecule has 1 fully saturated rings. The van der Waals surface area contributed by atoms with E-state index in [4.69, 9.17) is 22.7 Å². The van der Waals surface area contributed by atoms with E-state index in [1.807, 2.05) is 6.26 Å². The predicted molar refractivity (Wildman–Crippen MR) is 91.0 cm³/mol. The molecule has 1 heterocycles. The van der Waals surface area contributed by atoms with E-state index in [1.54, 1.807) is 11.8 Å². The van der Waals surface area contributed by atoms with Crippen LogP contribution in [0.3, 0.4) is 0 Å². The number of nitrogens with zero attached hydrogens (tertiary/aromatic N) is 1. The number of likely N-dealkylation sites (N-methyl/N-ethyl adjacent to an activating group) is 1. The molecule has 1 aromatic carbocycles. The van der Waals surface area contributed by atoms with Gasteiger partial charge in [-0.1, -0.05) is 18.3 Å². The highest BCUT2D eigenvalue weighted by atomic mass is 32.2. The average molecular weight is 310 g/mol. The van der Waals surface area contributed by atoms with Gasteiger partial charge in [0.2, 0.25) is 0 Å². The van der Waals surface area contributed by atoms with Crippen molar-refractivity contribution in [3.63, 3.8) is 0 Å². The topological polar surface area (TPSA) is 38.5 Å². The van der Waals surface area contributed by atoms with Crippen molar-refractivity contribution in [1.29, 1.82) is 0 Å². The molecule has 1 aromatic rings. The van der Waals surface area contributed by atoms with Crippen LogP contribution in [0, 0.1) is 0 Å². The minimum atomic E-state index is 0.311. The Labute approximate surface area is 130 Å². The Morgan fingerprint density at radius 1 is 1.50 bits per heavy atom. The Morgan fingerprint density at radius 3 is 2.90 bits per heavy atom. The van der Waals surface area contributed by atoms with Gasteiger partial charge < -0.3 is 15.4 Å². The predicted octanol–water partition coefficient (Wildman–Crippen LogP) is 3.05. The molecule has 0 aliphatic carbocycles. The standard InChI is InChI=1S/C15H22N2OS2/c1-17(10-11-6-3-4-9-18-11)12-7-5-8-13(20-2)14(12)15(16)19/h5,7-8,11H,3-4,6,9-10H2,1-2H3,(H2,16,19). The van der Waals surface area contributed by atoms with E-state index in [-0.39, 0.29) is 0 Å². The van der Waals surface area contributed by atoms with E-state index in [2.05, 4.69) is 30.1 Å². The van der Waals surface area contributed by atoms with Gasteiger partial charge in [-0.25, -0.2) is 0 Å². The second-order valence-electron chi connectivity index (χ2n) is 5.09. The largest absolute Gasteiger partial charge is 0.389 e. The van der Waals surface area contributed by atoms with Gasteiger partial charge in [0, 0.05) is 36.3 Å². The smallest absolute Gasteiger partial charge is 0.107 e. The lowest BCUT2D eigenvalue weighted by molar-refractivity contribution is 0.0216. The number of nitrogens with two attached hydrogens (primary N) is 1. The second kappa shape index (κ2) is 7.29. The lowest BCUT2D eigenvalue weighted by Gasteiger charge is -2.30. The molecular weight excluding hydrogens is 288 g/mol. The molecule has 0 spiro atoms. The highest BCUT2D eigenvalue weighted by molar-refractivity contribution is 7.98. The normalized spacial score (nSPS) is 18.8. The van der Waals surface area contributed by atoms with E-state index >= 15 is 0 Å². The number of hydrogen-bond donors (Lipinski definition) is 1. The van der Waals surface area contributed by atoms with Gasteiger partial charge in [0.1, 0.15) is 4.99 Å². The summed E-state index contributed by atoms with van der Waals surface area (Å²) in [5.41, 5.74) is 8.00. The zero-order valence-electron chi connectivity index (χ0n) is 12.1. The van der Waals surface area contributed by atoms with Crippen LogP contribution in [0.4, 0.5) is 5.69 Å². The molecule has 2 rings (SSSR count). The maximum absolute atomic E-state index is 5.92. The molecule has 0 bridgehead atoms. The molecule has 110 valence electrons. The van der Waals surface area contributed by atoms with Crippen LogP contribution in [-0.2, 0) is 4.74 Å². The molecule has 5 heteroatoms. The van der Waals surface area contributed by atoms with Crippen LogP contribution >= 0.6 is 24.0 Å². The van der Waals surface area contributed by atoms with Gasteiger partial charge in [0.25, 0.3) is 0 Å². The minimum absolute atomic E-state index is 0.311. The third-order valence-corrected chi connectivity index (χ3v) is 4.62. The van der Waals surface area contributed by atoms with Crippen molar-refractivity contribution in [2.45, 2.75) is 30.3 Å². The summed E-state index contributed by atoms with van der Waals surface area (Å²) < 4.78 is 5.82. The summed E-state index contributed by atoms with van der Waals surface area (Å²) in [5, 5.41) is 0. The molecule has 2 N–H and O–H groups in total. The maximum Gasteiger partial charge on any atom is 0.107 e. The van der Waals surface area contributed by atoms with Crippen LogP contribution in [0.15, 0.2) is 23.1 Å². The molecule has 0 amide bonds. The van der Waals surface area contributed by atoms with Crippen molar-refractivity contribution in [2.24, 2.45) is 5.73 Å². The average Bonchev–Trinajstić information content (AvgIpc) is 2.47. The number of ether oxygens (including phenoxy) is 1. The summed E-state index contributed by atoms with van der Waals surface area (Å²) in [6, 6.07) is 6.20. The Kier molecular flexibility index (Phi) is 5.69. The van der Waals surface area contributed by atoms with E-state index in [0.717, 1.165) is 35.7 Å². The summed E-state index contributed by atoms with van der Waals surface area (Å²) in [6.07, 6.45) is 5.93. The molecule has 0 radical (unpaired) electrons. The maximum atomic E-state index is 5.92. The van der Waals surface area contributed by atoms with Crippen molar-refractivity contribution in [3.8, 4) is 0 Å². The Morgan fingerprint density at radius 2 is 2.30 bits per heavy atom. The van der Waals surface area contributed by atoms with Crippen LogP contribution in [0.2, 0.25) is 0 Å². The van der Waals surface area contributed by atoms with Gasteiger partial charge in [0.15, 0.2) is 0 Å². The lowest BCUT2D eigenvalue weighted by Crippen LogP contribution is -2.34. The van der Waals surface area contributed by atoms with E-state index in [1.165, 1.54) is 12.8 Å². The molecule has 1 aliphatic rings. The third-order valence-electron chi connectivity index (χ3n) is 3.63. The highest BCUT2D eigenvalue weighted by Gasteiger charge is 2.19. The minimum Gasteiger partial charge on any atom is -0.389 e. The third kappa shape index (κ3) is 3.65. The van der Waals surface area contributed by atoms with Crippen molar-refractivity contribution in [3.05, 3.63) is 23.8 Å². The molecule has 1 atom stereocenters. The number of benzene rings is 1. The van der Waals surface area contributed by atoms with Crippen LogP contribution < -0.4 is 10.6 Å². The molecule has 1 saturated heterocycles. The Balaban J connectivity index is 2.19. The fourth-order valence-electron chi connectivity index (χ4n) is 2.61. The second-order valence-corrected chi connectivity index (χ2v) is 6.38. The first-order valence-corrected chi connectivity index (χ1v) is 8.56. The SMILES string of the molecule is CSc1cccc(N(C)CC2CCCCO2)c1C(N)=S. The number of hydrogen-bond acceptors (Lipinski definition) is 4. The highest BCUT2D eigenvalue weighted by Crippen LogP contribution is 2.29. The summed E-state index contributed by atoms with van der Waals surface area (Å²) in [7, 11) is 2.08. The lowest BCUT2D eigenvalue weighted by atomic mass is 10.1. The van der Waals surface area contributed by atoms with Crippen LogP contribution in [0.25, 0.3) is 0 Å². The van der Waals surface area contributed by atoms with Gasteiger partial charge in [-0.05, 0) is 37.7 Å². The van der Waals surface area contributed by atoms with Gasteiger partial charge in [-0.3, -0.25) is 0 Å². The van der Waals surface area contributed by atoms with E-state index < -0.39 is 0 Å². The Bertz CT molecular complexity index is 473. The van der Waals surface area contributed by atoms with Crippen molar-refractivity contribution in [1.82, 2.24) is 0 Å². The Hall–Kier alpha value is -0.780. The molecule has 1 aliphatic heterocycles. The quantitative estimate of drug-likeness (QED) is 0.668. The molecule has 0 saturated carbocycles. The number of anilines is 1. The van der Waals surface area contributed by atoms with Gasteiger partial charge in [-0.15, -0.1) is 11.8 Å². The van der Waals surface area contributed by atoms with E-state index in [0.29, 0.717) is 11.1 Å². The van der Waals surface area contributed by atoms with Gasteiger partial charge in [0.05, 0.1) is 6.10 Å². The number of thioether (sulfide) groups is 1. The van der Waals surface area contributed by atoms with Gasteiger partial charge >= 0.3 is 0 Å². The first-order chi connectivity index (χ1) is 9.63. The van der Waals surface area contributed by atoms with Crippen LogP contribution in [-0.4, -0.2) is 37.5 Å². The molecule has 1 unspecified atom stereocenters. The van der Waals surface area contributed by atoms with Crippen molar-refractivity contribution >= 4 is 34.7 Å². The fraction of sp³-hybridized carbons (Fsp3) is 0.533. The summed E-state index contributed by atoms with van der Waals surface area (Å²) in [4.78, 5) is 3.80. The van der Waals surface area contributed by atoms with E-state index in [9.17, 15) is 0 Å². The number of rotatable bonds is 5. The van der Waals surface area contributed by atoms with Crippen molar-refractivity contribution < 1.29 is 4.74 Å². The first kappa shape index (κ1) is 15.6. The monoisotopic (exact) mass is 310 g/mol. The van der Waals surface area contributed by atoms with Crippen LogP contribution in [0.1, 0.15) is 24.8 Å². The first-order valence-electron chi connectivity index (χ1n) is 6.93. The summed E-state index contributed by atoms with van der Waals surface area (Å²) in [6.45, 7) is 1.76. The number of thiocarbonyl (C=S) groups is 1. The van der Waals surface area contributed by atoms with Crippen LogP contribution in [0.5, 0.6) is 0 Å². The van der Waals surface area contributed by atoms with Crippen molar-refractivity contribution in [2.75, 3.05) is 31.4 Å². The summed E-state index contributed by atoms with van der Waals surface area (Å²) in [5.74, 6) is 0. The molecule has 20 heavy (non-hydrogen) atoms. The fourth-order valence-corrected chi connectivity index (χ4v) is 3.52. The summed E-state index contributed by atoms with van der Waals surface area (Å²) >= 11 is 6.91. The molecule has 3 nitrogen and oxygen atoms in total.